The van der Waals surface area contributed by atoms with Gasteiger partial charge in [0.1, 0.15) is 0 Å². The van der Waals surface area contributed by atoms with Gasteiger partial charge in [-0.1, -0.05) is 19.8 Å². The second-order valence-corrected chi connectivity index (χ2v) is 4.51. The lowest BCUT2D eigenvalue weighted by atomic mass is 10.2. The van der Waals surface area contributed by atoms with Crippen molar-refractivity contribution in [2.75, 3.05) is 26.2 Å². The molecular weight excluding hydrogens is 232 g/mol. The van der Waals surface area contributed by atoms with Crippen LogP contribution in [0.4, 0.5) is 4.79 Å². The van der Waals surface area contributed by atoms with Gasteiger partial charge in [0.05, 0.1) is 6.10 Å². The molecule has 1 atom stereocenters. The monoisotopic (exact) mass is 260 g/mol. The summed E-state index contributed by atoms with van der Waals surface area (Å²) in [6, 6.07) is 0. The number of rotatable bonds is 12. The molecule has 108 valence electrons. The highest BCUT2D eigenvalue weighted by atomic mass is 16.5. The zero-order valence-electron chi connectivity index (χ0n) is 11.7. The van der Waals surface area contributed by atoms with Crippen molar-refractivity contribution in [3.05, 3.63) is 0 Å². The second kappa shape index (κ2) is 12.6. The first-order valence-corrected chi connectivity index (χ1v) is 6.96. The van der Waals surface area contributed by atoms with Gasteiger partial charge in [0.2, 0.25) is 0 Å². The first-order chi connectivity index (χ1) is 8.66. The summed E-state index contributed by atoms with van der Waals surface area (Å²) in [5.41, 5.74) is 0. The number of nitrogens with one attached hydrogen (secondary N) is 2. The quantitative estimate of drug-likeness (QED) is 0.471. The molecule has 1 unspecified atom stereocenters. The zero-order valence-corrected chi connectivity index (χ0v) is 11.7. The Morgan fingerprint density at radius 3 is 2.61 bits per heavy atom. The summed E-state index contributed by atoms with van der Waals surface area (Å²) in [5, 5.41) is 13.9. The van der Waals surface area contributed by atoms with Crippen molar-refractivity contribution in [1.29, 1.82) is 0 Å². The van der Waals surface area contributed by atoms with Crippen LogP contribution in [0.15, 0.2) is 0 Å². The fourth-order valence-electron chi connectivity index (χ4n) is 1.59. The van der Waals surface area contributed by atoms with E-state index in [2.05, 4.69) is 24.5 Å². The molecule has 1 amide bonds. The Hall–Kier alpha value is -0.810. The topological polar surface area (TPSA) is 70.6 Å². The second-order valence-electron chi connectivity index (χ2n) is 4.51. The zero-order chi connectivity index (χ0) is 13.6. The number of carboxylic acid groups (broad SMARTS) is 1. The Morgan fingerprint density at radius 1 is 1.22 bits per heavy atom. The molecule has 18 heavy (non-hydrogen) atoms. The lowest BCUT2D eigenvalue weighted by molar-refractivity contribution is 0.0573. The van der Waals surface area contributed by atoms with Crippen molar-refractivity contribution in [2.24, 2.45) is 0 Å². The van der Waals surface area contributed by atoms with Crippen molar-refractivity contribution in [3.8, 4) is 0 Å². The summed E-state index contributed by atoms with van der Waals surface area (Å²) in [4.78, 5) is 10.2. The summed E-state index contributed by atoms with van der Waals surface area (Å²) in [7, 11) is 0. The van der Waals surface area contributed by atoms with Gasteiger partial charge in [-0.2, -0.15) is 0 Å². The number of carbonyl (C=O) groups is 1. The fourth-order valence-corrected chi connectivity index (χ4v) is 1.59. The molecule has 5 heteroatoms. The van der Waals surface area contributed by atoms with Crippen LogP contribution in [0, 0.1) is 0 Å². The first kappa shape index (κ1) is 17.2. The maximum absolute atomic E-state index is 10.2. The number of hydrogen-bond donors (Lipinski definition) is 3. The van der Waals surface area contributed by atoms with Gasteiger partial charge in [-0.3, -0.25) is 0 Å². The third-order valence-electron chi connectivity index (χ3n) is 2.67. The molecule has 0 spiro atoms. The molecule has 0 aliphatic carbocycles. The highest BCUT2D eigenvalue weighted by Gasteiger charge is 2.00. The molecule has 0 saturated carbocycles. The number of hydrogen-bond acceptors (Lipinski definition) is 3. The lowest BCUT2D eigenvalue weighted by Crippen LogP contribution is -2.26. The molecular formula is C13H28N2O3. The van der Waals surface area contributed by atoms with Gasteiger partial charge >= 0.3 is 6.09 Å². The lowest BCUT2D eigenvalue weighted by Gasteiger charge is -2.12. The average molecular weight is 260 g/mol. The third-order valence-corrected chi connectivity index (χ3v) is 2.67. The van der Waals surface area contributed by atoms with E-state index < -0.39 is 6.09 Å². The molecule has 0 saturated heterocycles. The van der Waals surface area contributed by atoms with E-state index in [-0.39, 0.29) is 0 Å². The number of amides is 1. The van der Waals surface area contributed by atoms with Gasteiger partial charge in [0, 0.05) is 13.2 Å². The molecule has 0 aliphatic heterocycles. The van der Waals surface area contributed by atoms with Gasteiger partial charge in [-0.15, -0.1) is 0 Å². The van der Waals surface area contributed by atoms with Crippen molar-refractivity contribution in [2.45, 2.75) is 52.1 Å². The predicted octanol–water partition coefficient (Wildman–Crippen LogP) is 2.22. The van der Waals surface area contributed by atoms with Gasteiger partial charge < -0.3 is 20.5 Å². The Balaban J connectivity index is 3.09. The molecule has 0 heterocycles. The fraction of sp³-hybridized carbons (Fsp3) is 0.923. The number of ether oxygens (including phenoxy) is 1. The van der Waals surface area contributed by atoms with Crippen molar-refractivity contribution >= 4 is 6.09 Å². The minimum atomic E-state index is -0.954. The molecule has 0 aromatic heterocycles. The summed E-state index contributed by atoms with van der Waals surface area (Å²) in [6.45, 7) is 7.38. The highest BCUT2D eigenvalue weighted by Crippen LogP contribution is 2.03. The summed E-state index contributed by atoms with van der Waals surface area (Å²) >= 11 is 0. The van der Waals surface area contributed by atoms with E-state index in [1.165, 1.54) is 12.8 Å². The van der Waals surface area contributed by atoms with Gasteiger partial charge in [0.25, 0.3) is 0 Å². The Kier molecular flexibility index (Phi) is 12.1. The molecule has 5 nitrogen and oxygen atoms in total. The number of unbranched alkanes of at least 4 members (excludes halogenated alkanes) is 1. The van der Waals surface area contributed by atoms with Crippen molar-refractivity contribution < 1.29 is 14.6 Å². The smallest absolute Gasteiger partial charge is 0.404 e. The molecule has 0 aliphatic rings. The molecule has 3 N–H and O–H groups in total. The summed E-state index contributed by atoms with van der Waals surface area (Å²) in [6.07, 6.45) is 4.83. The predicted molar refractivity (Wildman–Crippen MR) is 73.1 cm³/mol. The molecule has 0 rings (SSSR count). The Morgan fingerprint density at radius 2 is 1.94 bits per heavy atom. The van der Waals surface area contributed by atoms with Gasteiger partial charge in [-0.05, 0) is 39.3 Å². The average Bonchev–Trinajstić information content (AvgIpc) is 2.34. The Labute approximate surface area is 110 Å². The van der Waals surface area contributed by atoms with E-state index in [0.29, 0.717) is 12.6 Å². The van der Waals surface area contributed by atoms with Crippen LogP contribution in [0.2, 0.25) is 0 Å². The molecule has 0 bridgehead atoms. The Bertz CT molecular complexity index is 201. The van der Waals surface area contributed by atoms with Crippen LogP contribution < -0.4 is 10.6 Å². The molecule has 0 aromatic carbocycles. The van der Waals surface area contributed by atoms with E-state index in [1.54, 1.807) is 0 Å². The maximum atomic E-state index is 10.2. The van der Waals surface area contributed by atoms with E-state index >= 15 is 0 Å². The van der Waals surface area contributed by atoms with E-state index in [0.717, 1.165) is 39.0 Å². The highest BCUT2D eigenvalue weighted by molar-refractivity contribution is 5.64. The van der Waals surface area contributed by atoms with Crippen LogP contribution in [0.1, 0.15) is 46.0 Å². The summed E-state index contributed by atoms with van der Waals surface area (Å²) < 4.78 is 5.67. The van der Waals surface area contributed by atoms with E-state index in [4.69, 9.17) is 9.84 Å². The third kappa shape index (κ3) is 13.3. The largest absolute Gasteiger partial charge is 0.465 e. The van der Waals surface area contributed by atoms with Gasteiger partial charge in [-0.25, -0.2) is 4.79 Å². The van der Waals surface area contributed by atoms with Crippen LogP contribution in [0.3, 0.4) is 0 Å². The van der Waals surface area contributed by atoms with Crippen LogP contribution in [0.5, 0.6) is 0 Å². The minimum absolute atomic E-state index is 0.365. The normalized spacial score (nSPS) is 12.3. The first-order valence-electron chi connectivity index (χ1n) is 6.96. The standard InChI is InChI=1S/C13H28N2O3/c1-3-4-7-12(2)18-11-6-9-14-8-5-10-15-13(16)17/h12,14-15H,3-11H2,1-2H3,(H,16,17). The molecule has 0 fully saturated rings. The van der Waals surface area contributed by atoms with Crippen LogP contribution >= 0.6 is 0 Å². The molecule has 0 aromatic rings. The van der Waals surface area contributed by atoms with Crippen LogP contribution in [-0.4, -0.2) is 43.5 Å². The minimum Gasteiger partial charge on any atom is -0.465 e. The maximum Gasteiger partial charge on any atom is 0.404 e. The van der Waals surface area contributed by atoms with Gasteiger partial charge in [0.15, 0.2) is 0 Å². The van der Waals surface area contributed by atoms with Crippen LogP contribution in [-0.2, 0) is 4.74 Å². The summed E-state index contributed by atoms with van der Waals surface area (Å²) in [5.74, 6) is 0. The van der Waals surface area contributed by atoms with E-state index in [9.17, 15) is 4.79 Å². The molecule has 0 radical (unpaired) electrons. The van der Waals surface area contributed by atoms with Crippen molar-refractivity contribution in [3.63, 3.8) is 0 Å². The van der Waals surface area contributed by atoms with E-state index in [1.807, 2.05) is 0 Å². The SMILES string of the molecule is CCCCC(C)OCCCNCCCNC(=O)O. The van der Waals surface area contributed by atoms with Crippen molar-refractivity contribution in [1.82, 2.24) is 10.6 Å². The van der Waals surface area contributed by atoms with Crippen LogP contribution in [0.25, 0.3) is 0 Å².